The number of nitro benzene ring substituents is 1. The zero-order valence-corrected chi connectivity index (χ0v) is 41.3. The number of ether oxygens (including phenoxy) is 6. The average Bonchev–Trinajstić information content (AvgIpc) is 3.40. The van der Waals surface area contributed by atoms with Gasteiger partial charge in [0.25, 0.3) is 5.69 Å². The number of oxime groups is 1. The molecule has 0 aromatic heterocycles. The number of fused-ring (bicyclic) bond motifs is 3. The Morgan fingerprint density at radius 1 is 0.918 bits per heavy atom. The number of anilines is 1. The molecule has 3 N–H and O–H groups in total. The molecule has 0 radical (unpaired) electrons. The first-order valence-electron chi connectivity index (χ1n) is 24.5. The Kier molecular flexibility index (Phi) is 16.9. The van der Waals surface area contributed by atoms with Gasteiger partial charge in [0.2, 0.25) is 5.79 Å². The van der Waals surface area contributed by atoms with Gasteiger partial charge in [-0.3, -0.25) is 20.3 Å². The summed E-state index contributed by atoms with van der Waals surface area (Å²) in [6.45, 7) is 4.16. The van der Waals surface area contributed by atoms with Crippen LogP contribution in [0, 0.1) is 27.9 Å². The summed E-state index contributed by atoms with van der Waals surface area (Å²) in [5.41, 5.74) is 3.84. The van der Waals surface area contributed by atoms with E-state index in [1.54, 1.807) is 53.4 Å². The standard InChI is InChI=1S/C56H62N4O13/c1-5-29-70-56-51(59(55(64)69-4)34-39-16-12-15-37-13-6-7-17-43(37)39)33-48(58-71-35-36-19-21-40(22-20-36)60(65)66)45-30-38(14-8-10-27-61)44(18-9-11-28-62)52(53(45)56)46-31-42(24-26-49(46)73-56)72-54(63)57-47-25-23-41(67-2)32-50(47)68-3/h5-7,12-13,15-17,19-26,30-32,38,44,51-53,61-62H,1,8-11,14,18,27-29,33-35H2,2-4H3,(H,57,63). The number of carbonyl (C=O) groups excluding carboxylic acids is 2. The highest BCUT2D eigenvalue weighted by molar-refractivity contribution is 6.03. The van der Waals surface area contributed by atoms with Crippen molar-refractivity contribution in [2.75, 3.05) is 46.5 Å². The van der Waals surface area contributed by atoms with Gasteiger partial charge in [0.15, 0.2) is 0 Å². The quantitative estimate of drug-likeness (QED) is 0.0255. The first-order valence-corrected chi connectivity index (χ1v) is 24.5. The minimum Gasteiger partial charge on any atom is -0.497 e. The number of aliphatic hydroxyl groups excluding tert-OH is 2. The van der Waals surface area contributed by atoms with Crippen LogP contribution < -0.4 is 24.3 Å². The van der Waals surface area contributed by atoms with Gasteiger partial charge in [0, 0.05) is 49.3 Å². The van der Waals surface area contributed by atoms with E-state index in [0.717, 1.165) is 27.5 Å². The lowest BCUT2D eigenvalue weighted by Crippen LogP contribution is -2.70. The van der Waals surface area contributed by atoms with E-state index in [0.29, 0.717) is 72.7 Å². The maximum Gasteiger partial charge on any atom is 0.417 e. The number of carbonyl (C=O) groups is 2. The summed E-state index contributed by atoms with van der Waals surface area (Å²) in [6, 6.07) is 29.2. The largest absolute Gasteiger partial charge is 0.497 e. The minimum absolute atomic E-state index is 0.00246. The molecular weight excluding hydrogens is 937 g/mol. The topological polar surface area (TPSA) is 210 Å². The molecule has 2 amide bonds. The summed E-state index contributed by atoms with van der Waals surface area (Å²) in [4.78, 5) is 47.2. The summed E-state index contributed by atoms with van der Waals surface area (Å²) in [5.74, 6) is -1.39. The van der Waals surface area contributed by atoms with E-state index in [4.69, 9.17) is 38.4 Å². The SMILES string of the molecule is C=CCOC12Oc3ccc(OC(=O)Nc4ccc(OC)cc4OC)cc3C3C(CCCCO)C(CCCCO)C=C(C(=NOCc4ccc([N+](=O)[O-])cc4)CC1N(Cc1cccc4ccccc14)C(=O)OC)C32. The number of methoxy groups -OCH3 is 3. The average molecular weight is 999 g/mol. The molecular formula is C56H62N4O13. The van der Waals surface area contributed by atoms with Gasteiger partial charge >= 0.3 is 12.2 Å². The molecule has 3 aliphatic rings. The van der Waals surface area contributed by atoms with Gasteiger partial charge in [0.1, 0.15) is 35.6 Å². The Labute approximate surface area is 424 Å². The highest BCUT2D eigenvalue weighted by Gasteiger charge is 2.65. The number of nitrogens with zero attached hydrogens (tertiary/aromatic N) is 3. The molecule has 5 aromatic rings. The molecule has 1 aliphatic heterocycles. The molecule has 8 rings (SSSR count). The number of amides is 2. The van der Waals surface area contributed by atoms with Gasteiger partial charge < -0.3 is 43.5 Å². The van der Waals surface area contributed by atoms with Gasteiger partial charge in [-0.2, -0.15) is 0 Å². The molecule has 0 saturated heterocycles. The number of nitro groups is 1. The molecule has 1 fully saturated rings. The van der Waals surface area contributed by atoms with E-state index < -0.39 is 40.8 Å². The summed E-state index contributed by atoms with van der Waals surface area (Å²) >= 11 is 0. The first kappa shape index (κ1) is 51.9. The lowest BCUT2D eigenvalue weighted by atomic mass is 9.55. The number of aliphatic hydroxyl groups is 2. The Bertz CT molecular complexity index is 2830. The van der Waals surface area contributed by atoms with Crippen LogP contribution in [0.15, 0.2) is 133 Å². The first-order chi connectivity index (χ1) is 35.6. The normalized spacial score (nSPS) is 21.1. The minimum atomic E-state index is -1.62. The van der Waals surface area contributed by atoms with E-state index in [1.807, 2.05) is 48.5 Å². The van der Waals surface area contributed by atoms with E-state index in [-0.39, 0.29) is 62.7 Å². The maximum atomic E-state index is 14.6. The van der Waals surface area contributed by atoms with Gasteiger partial charge in [-0.15, -0.1) is 6.58 Å². The Balaban J connectivity index is 1.30. The second-order valence-corrected chi connectivity index (χ2v) is 18.3. The number of nitrogens with one attached hydrogen (secondary N) is 1. The summed E-state index contributed by atoms with van der Waals surface area (Å²) in [6.07, 6.45) is 6.43. The highest BCUT2D eigenvalue weighted by atomic mass is 16.7. The zero-order valence-electron chi connectivity index (χ0n) is 41.3. The number of benzene rings is 5. The third kappa shape index (κ3) is 11.3. The monoisotopic (exact) mass is 998 g/mol. The number of allylic oxidation sites excluding steroid dienone is 1. The van der Waals surface area contributed by atoms with E-state index in [2.05, 4.69) is 18.0 Å². The summed E-state index contributed by atoms with van der Waals surface area (Å²) in [5, 5.41) is 41.2. The third-order valence-electron chi connectivity index (χ3n) is 14.1. The van der Waals surface area contributed by atoms with Crippen molar-refractivity contribution in [3.05, 3.63) is 154 Å². The fraction of sp³-hybridized carbons (Fsp3) is 0.375. The third-order valence-corrected chi connectivity index (χ3v) is 14.1. The van der Waals surface area contributed by atoms with Gasteiger partial charge in [-0.25, -0.2) is 9.59 Å². The second kappa shape index (κ2) is 23.8. The van der Waals surface area contributed by atoms with Crippen LogP contribution in [0.2, 0.25) is 0 Å². The molecule has 17 nitrogen and oxygen atoms in total. The molecule has 0 spiro atoms. The van der Waals surface area contributed by atoms with Gasteiger partial charge in [0.05, 0.1) is 56.7 Å². The molecule has 5 aromatic carbocycles. The molecule has 384 valence electrons. The van der Waals surface area contributed by atoms with Crippen molar-refractivity contribution in [2.24, 2.45) is 22.9 Å². The fourth-order valence-corrected chi connectivity index (χ4v) is 10.8. The molecule has 0 bridgehead atoms. The Morgan fingerprint density at radius 2 is 1.67 bits per heavy atom. The predicted molar refractivity (Wildman–Crippen MR) is 274 cm³/mol. The van der Waals surface area contributed by atoms with Crippen molar-refractivity contribution in [1.29, 1.82) is 0 Å². The van der Waals surface area contributed by atoms with Crippen molar-refractivity contribution in [2.45, 2.75) is 75.8 Å². The zero-order chi connectivity index (χ0) is 51.5. The van der Waals surface area contributed by atoms with Crippen molar-refractivity contribution in [1.82, 2.24) is 4.90 Å². The second-order valence-electron chi connectivity index (χ2n) is 18.3. The fourth-order valence-electron chi connectivity index (χ4n) is 10.8. The summed E-state index contributed by atoms with van der Waals surface area (Å²) < 4.78 is 37.0. The van der Waals surface area contributed by atoms with Crippen molar-refractivity contribution < 1.29 is 58.0 Å². The van der Waals surface area contributed by atoms with Crippen LogP contribution in [0.3, 0.4) is 0 Å². The number of unbranched alkanes of at least 4 members (excludes halogenated alkanes) is 2. The van der Waals surface area contributed by atoms with E-state index >= 15 is 0 Å². The Morgan fingerprint density at radius 3 is 2.40 bits per heavy atom. The smallest absolute Gasteiger partial charge is 0.417 e. The van der Waals surface area contributed by atoms with Crippen LogP contribution >= 0.6 is 0 Å². The summed E-state index contributed by atoms with van der Waals surface area (Å²) in [7, 11) is 4.36. The maximum absolute atomic E-state index is 14.6. The predicted octanol–water partition coefficient (Wildman–Crippen LogP) is 10.5. The van der Waals surface area contributed by atoms with Crippen LogP contribution in [0.25, 0.3) is 10.8 Å². The van der Waals surface area contributed by atoms with Crippen LogP contribution in [-0.2, 0) is 27.5 Å². The lowest BCUT2D eigenvalue weighted by Gasteiger charge is -2.59. The van der Waals surface area contributed by atoms with Crippen molar-refractivity contribution in [3.8, 4) is 23.0 Å². The number of non-ortho nitro benzene ring substituents is 1. The number of hydrogen-bond donors (Lipinski definition) is 3. The highest BCUT2D eigenvalue weighted by Crippen LogP contribution is 2.62. The lowest BCUT2D eigenvalue weighted by molar-refractivity contribution is -0.384. The molecule has 6 unspecified atom stereocenters. The van der Waals surface area contributed by atoms with Crippen molar-refractivity contribution in [3.63, 3.8) is 0 Å². The van der Waals surface area contributed by atoms with E-state index in [1.165, 1.54) is 33.5 Å². The molecule has 6 atom stereocenters. The van der Waals surface area contributed by atoms with Gasteiger partial charge in [-0.1, -0.05) is 72.6 Å². The van der Waals surface area contributed by atoms with Crippen molar-refractivity contribution >= 4 is 40.0 Å². The van der Waals surface area contributed by atoms with Crippen LogP contribution in [0.1, 0.15) is 67.6 Å². The molecule has 1 heterocycles. The van der Waals surface area contributed by atoms with Gasteiger partial charge in [-0.05, 0) is 107 Å². The number of rotatable bonds is 22. The van der Waals surface area contributed by atoms with E-state index in [9.17, 15) is 29.9 Å². The van der Waals surface area contributed by atoms with Crippen LogP contribution in [0.4, 0.5) is 21.0 Å². The number of hydrogen-bond acceptors (Lipinski definition) is 14. The molecule has 1 saturated carbocycles. The molecule has 2 aliphatic carbocycles. The molecule has 73 heavy (non-hydrogen) atoms. The van der Waals surface area contributed by atoms with Crippen LogP contribution in [-0.4, -0.2) is 90.9 Å². The van der Waals surface area contributed by atoms with Crippen LogP contribution in [0.5, 0.6) is 23.0 Å². The Hall–Kier alpha value is -7.47. The molecule has 17 heteroatoms.